The van der Waals surface area contributed by atoms with Crippen molar-refractivity contribution in [1.29, 1.82) is 0 Å². The molecule has 0 atom stereocenters. The normalized spacial score (nSPS) is 10.7. The third-order valence-corrected chi connectivity index (χ3v) is 4.05. The summed E-state index contributed by atoms with van der Waals surface area (Å²) in [6.07, 6.45) is 1.50. The lowest BCUT2D eigenvalue weighted by atomic mass is 10.1. The maximum Gasteiger partial charge on any atom is 0.277 e. The van der Waals surface area contributed by atoms with Gasteiger partial charge in [0.05, 0.1) is 20.4 Å². The molecule has 2 rings (SSSR count). The fraction of sp³-hybridized carbons (Fsp3) is 0.300. The van der Waals surface area contributed by atoms with Gasteiger partial charge in [-0.05, 0) is 55.7 Å². The highest BCUT2D eigenvalue weighted by Gasteiger charge is 2.09. The number of hydrogen-bond donors (Lipinski definition) is 1. The number of benzene rings is 2. The van der Waals surface area contributed by atoms with Gasteiger partial charge in [0.25, 0.3) is 5.91 Å². The summed E-state index contributed by atoms with van der Waals surface area (Å²) in [5.41, 5.74) is 6.29. The highest BCUT2D eigenvalue weighted by atomic mass is 16.5. The molecular weight excluding hydrogens is 332 g/mol. The Hall–Kier alpha value is -3.02. The Kier molecular flexibility index (Phi) is 6.60. The van der Waals surface area contributed by atoms with E-state index in [9.17, 15) is 4.79 Å². The zero-order chi connectivity index (χ0) is 19.1. The number of nitrogens with one attached hydrogen (secondary N) is 1. The van der Waals surface area contributed by atoms with E-state index in [0.717, 1.165) is 22.4 Å². The molecule has 0 bridgehead atoms. The molecule has 0 aliphatic heterocycles. The second-order valence-corrected chi connectivity index (χ2v) is 5.84. The van der Waals surface area contributed by atoms with E-state index in [0.29, 0.717) is 17.1 Å². The topological polar surface area (TPSA) is 69.2 Å². The Balaban J connectivity index is 1.97. The molecule has 138 valence electrons. The number of methoxy groups -OCH3 is 2. The summed E-state index contributed by atoms with van der Waals surface area (Å²) >= 11 is 0. The first-order valence-corrected chi connectivity index (χ1v) is 8.19. The van der Waals surface area contributed by atoms with Crippen LogP contribution in [0.3, 0.4) is 0 Å². The Morgan fingerprint density at radius 2 is 1.81 bits per heavy atom. The van der Waals surface area contributed by atoms with Crippen molar-refractivity contribution < 1.29 is 19.0 Å². The van der Waals surface area contributed by atoms with Crippen molar-refractivity contribution in [2.45, 2.75) is 20.8 Å². The summed E-state index contributed by atoms with van der Waals surface area (Å²) in [5.74, 6) is 1.69. The number of ether oxygens (including phenoxy) is 3. The molecule has 0 unspecified atom stereocenters. The summed E-state index contributed by atoms with van der Waals surface area (Å²) in [7, 11) is 3.15. The predicted octanol–water partition coefficient (Wildman–Crippen LogP) is 3.16. The van der Waals surface area contributed by atoms with E-state index in [1.165, 1.54) is 6.21 Å². The summed E-state index contributed by atoms with van der Waals surface area (Å²) in [4.78, 5) is 12.0. The van der Waals surface area contributed by atoms with Gasteiger partial charge in [-0.25, -0.2) is 5.43 Å². The fourth-order valence-electron chi connectivity index (χ4n) is 2.43. The van der Waals surface area contributed by atoms with Crippen molar-refractivity contribution >= 4 is 12.1 Å². The first-order valence-electron chi connectivity index (χ1n) is 8.19. The number of rotatable bonds is 7. The smallest absolute Gasteiger partial charge is 0.277 e. The molecule has 0 radical (unpaired) electrons. The molecule has 1 amide bonds. The van der Waals surface area contributed by atoms with Crippen molar-refractivity contribution in [3.63, 3.8) is 0 Å². The molecule has 0 spiro atoms. The third kappa shape index (κ3) is 4.75. The molecule has 0 heterocycles. The van der Waals surface area contributed by atoms with Crippen molar-refractivity contribution in [3.8, 4) is 17.2 Å². The third-order valence-electron chi connectivity index (χ3n) is 4.05. The van der Waals surface area contributed by atoms with Gasteiger partial charge in [0, 0.05) is 5.56 Å². The maximum atomic E-state index is 12.0. The first-order chi connectivity index (χ1) is 12.5. The van der Waals surface area contributed by atoms with Gasteiger partial charge in [-0.2, -0.15) is 5.10 Å². The van der Waals surface area contributed by atoms with Crippen molar-refractivity contribution in [3.05, 3.63) is 52.6 Å². The highest BCUT2D eigenvalue weighted by molar-refractivity contribution is 5.86. The lowest BCUT2D eigenvalue weighted by molar-refractivity contribution is -0.123. The summed E-state index contributed by atoms with van der Waals surface area (Å²) in [6, 6.07) is 9.33. The minimum absolute atomic E-state index is 0.113. The van der Waals surface area contributed by atoms with Crippen LogP contribution in [0.5, 0.6) is 17.2 Å². The predicted molar refractivity (Wildman–Crippen MR) is 101 cm³/mol. The molecule has 0 aromatic heterocycles. The molecule has 0 fully saturated rings. The molecule has 2 aromatic carbocycles. The van der Waals surface area contributed by atoms with Crippen LogP contribution in [0.1, 0.15) is 22.3 Å². The maximum absolute atomic E-state index is 12.0. The van der Waals surface area contributed by atoms with Crippen LogP contribution in [-0.2, 0) is 4.79 Å². The van der Waals surface area contributed by atoms with E-state index >= 15 is 0 Å². The average Bonchev–Trinajstić information content (AvgIpc) is 2.64. The Morgan fingerprint density at radius 1 is 1.08 bits per heavy atom. The summed E-state index contributed by atoms with van der Waals surface area (Å²) in [6.45, 7) is 5.82. The number of carbonyl (C=O) groups excluding carboxylic acids is 1. The van der Waals surface area contributed by atoms with Crippen molar-refractivity contribution in [2.75, 3.05) is 20.8 Å². The minimum Gasteiger partial charge on any atom is -0.497 e. The van der Waals surface area contributed by atoms with Crippen molar-refractivity contribution in [2.24, 2.45) is 5.10 Å². The molecular formula is C20H24N2O4. The van der Waals surface area contributed by atoms with E-state index < -0.39 is 0 Å². The van der Waals surface area contributed by atoms with Crippen LogP contribution >= 0.6 is 0 Å². The molecule has 0 saturated heterocycles. The molecule has 6 nitrogen and oxygen atoms in total. The molecule has 0 aliphatic rings. The molecule has 0 saturated carbocycles. The fourth-order valence-corrected chi connectivity index (χ4v) is 2.43. The lowest BCUT2D eigenvalue weighted by Gasteiger charge is -2.13. The van der Waals surface area contributed by atoms with Gasteiger partial charge in [-0.15, -0.1) is 0 Å². The quantitative estimate of drug-likeness (QED) is 0.611. The van der Waals surface area contributed by atoms with Crippen LogP contribution in [-0.4, -0.2) is 32.9 Å². The Labute approximate surface area is 153 Å². The van der Waals surface area contributed by atoms with E-state index in [2.05, 4.69) is 10.5 Å². The molecule has 2 aromatic rings. The number of carbonyl (C=O) groups is 1. The van der Waals surface area contributed by atoms with E-state index in [-0.39, 0.29) is 12.5 Å². The summed E-state index contributed by atoms with van der Waals surface area (Å²) in [5, 5.41) is 3.96. The highest BCUT2D eigenvalue weighted by Crippen LogP contribution is 2.25. The van der Waals surface area contributed by atoms with Gasteiger partial charge in [0.15, 0.2) is 6.61 Å². The lowest BCUT2D eigenvalue weighted by Crippen LogP contribution is -2.25. The van der Waals surface area contributed by atoms with Gasteiger partial charge >= 0.3 is 0 Å². The van der Waals surface area contributed by atoms with Crippen LogP contribution in [0.25, 0.3) is 0 Å². The zero-order valence-corrected chi connectivity index (χ0v) is 15.8. The molecule has 26 heavy (non-hydrogen) atoms. The summed E-state index contributed by atoms with van der Waals surface area (Å²) < 4.78 is 16.1. The zero-order valence-electron chi connectivity index (χ0n) is 15.8. The van der Waals surface area contributed by atoms with E-state index in [1.807, 2.05) is 32.9 Å². The molecule has 1 N–H and O–H groups in total. The van der Waals surface area contributed by atoms with Gasteiger partial charge in [-0.1, -0.05) is 12.1 Å². The SMILES string of the molecule is COc1ccc(OC)c(/C=N/NC(=O)COc2c(C)ccc(C)c2C)c1. The standard InChI is InChI=1S/C20H24N2O4/c1-13-6-7-14(2)20(15(13)3)26-12-19(23)22-21-11-16-10-17(24-4)8-9-18(16)25-5/h6-11H,12H2,1-5H3,(H,22,23)/b21-11+. The molecule has 0 aliphatic carbocycles. The van der Waals surface area contributed by atoms with Crippen LogP contribution < -0.4 is 19.6 Å². The van der Waals surface area contributed by atoms with Gasteiger partial charge in [0.2, 0.25) is 0 Å². The van der Waals surface area contributed by atoms with Crippen LogP contribution in [0, 0.1) is 20.8 Å². The monoisotopic (exact) mass is 356 g/mol. The second-order valence-electron chi connectivity index (χ2n) is 5.84. The largest absolute Gasteiger partial charge is 0.497 e. The first kappa shape index (κ1) is 19.3. The number of amides is 1. The minimum atomic E-state index is -0.344. The van der Waals surface area contributed by atoms with Gasteiger partial charge < -0.3 is 14.2 Å². The Morgan fingerprint density at radius 3 is 2.50 bits per heavy atom. The van der Waals surface area contributed by atoms with Crippen LogP contribution in [0.4, 0.5) is 0 Å². The molecule has 6 heteroatoms. The van der Waals surface area contributed by atoms with E-state index in [1.54, 1.807) is 32.4 Å². The second kappa shape index (κ2) is 8.89. The van der Waals surface area contributed by atoms with Crippen LogP contribution in [0.15, 0.2) is 35.4 Å². The number of hydrazone groups is 1. The van der Waals surface area contributed by atoms with Gasteiger partial charge in [-0.3, -0.25) is 4.79 Å². The van der Waals surface area contributed by atoms with E-state index in [4.69, 9.17) is 14.2 Å². The Bertz CT molecular complexity index is 816. The van der Waals surface area contributed by atoms with Crippen molar-refractivity contribution in [1.82, 2.24) is 5.43 Å². The number of aryl methyl sites for hydroxylation is 2. The van der Waals surface area contributed by atoms with Gasteiger partial charge in [0.1, 0.15) is 17.2 Å². The average molecular weight is 356 g/mol. The number of hydrogen-bond acceptors (Lipinski definition) is 5. The number of nitrogens with zero attached hydrogens (tertiary/aromatic N) is 1. The van der Waals surface area contributed by atoms with Crippen LogP contribution in [0.2, 0.25) is 0 Å².